The number of aromatic nitrogens is 2. The van der Waals surface area contributed by atoms with Gasteiger partial charge >= 0.3 is 0 Å². The van der Waals surface area contributed by atoms with E-state index in [1.807, 2.05) is 57.2 Å². The molecule has 4 aromatic rings. The molecule has 1 amide bonds. The van der Waals surface area contributed by atoms with Crippen LogP contribution in [0.4, 0.5) is 5.82 Å². The fourth-order valence-electron chi connectivity index (χ4n) is 4.14. The van der Waals surface area contributed by atoms with Crippen molar-refractivity contribution in [1.29, 1.82) is 0 Å². The maximum absolute atomic E-state index is 13.4. The van der Waals surface area contributed by atoms with Crippen LogP contribution >= 0.6 is 0 Å². The molecule has 2 aromatic heterocycles. The summed E-state index contributed by atoms with van der Waals surface area (Å²) in [5.74, 6) is 0.493. The predicted octanol–water partition coefficient (Wildman–Crippen LogP) is 5.60. The van der Waals surface area contributed by atoms with Gasteiger partial charge in [-0.2, -0.15) is 8.42 Å². The Hall–Kier alpha value is -4.44. The van der Waals surface area contributed by atoms with E-state index in [4.69, 9.17) is 15.2 Å². The molecule has 0 saturated heterocycles. The molecule has 0 saturated carbocycles. The Kier molecular flexibility index (Phi) is 8.39. The molecule has 3 N–H and O–H groups in total. The standard InChI is InChI=1S/C30H32N4O5S/c1-18(2)17-38-25-10-7-6-9-22(25)24-14-13-23(29(35)34-40(36,37)27-12-8-11-26(31)33-27)30(32-24)39-28-20(4)15-19(3)16-21(28)5/h6-16,18H,17H2,1-5H3,(H2,31,33)(H,34,35). The molecule has 0 spiro atoms. The third-order valence-corrected chi connectivity index (χ3v) is 7.12. The number of carbonyl (C=O) groups is 1. The highest BCUT2D eigenvalue weighted by molar-refractivity contribution is 7.90. The molecule has 208 valence electrons. The predicted molar refractivity (Wildman–Crippen MR) is 154 cm³/mol. The lowest BCUT2D eigenvalue weighted by Gasteiger charge is -2.17. The zero-order valence-electron chi connectivity index (χ0n) is 23.1. The van der Waals surface area contributed by atoms with Gasteiger partial charge in [0.2, 0.25) is 5.88 Å². The van der Waals surface area contributed by atoms with Gasteiger partial charge in [-0.1, -0.05) is 49.7 Å². The van der Waals surface area contributed by atoms with E-state index >= 15 is 0 Å². The number of nitrogens with two attached hydrogens (primary N) is 1. The van der Waals surface area contributed by atoms with Crippen molar-refractivity contribution in [2.45, 2.75) is 39.6 Å². The Morgan fingerprint density at radius 3 is 2.33 bits per heavy atom. The second kappa shape index (κ2) is 11.7. The van der Waals surface area contributed by atoms with E-state index in [1.54, 1.807) is 6.07 Å². The van der Waals surface area contributed by atoms with Gasteiger partial charge in [0.15, 0.2) is 5.03 Å². The summed E-state index contributed by atoms with van der Waals surface area (Å²) in [5.41, 5.74) is 9.50. The number of nitrogen functional groups attached to an aromatic ring is 1. The number of hydrogen-bond donors (Lipinski definition) is 2. The molecule has 9 nitrogen and oxygen atoms in total. The van der Waals surface area contributed by atoms with Gasteiger partial charge in [-0.05, 0) is 74.2 Å². The number of pyridine rings is 2. The highest BCUT2D eigenvalue weighted by Gasteiger charge is 2.25. The van der Waals surface area contributed by atoms with Crippen molar-refractivity contribution in [3.05, 3.63) is 89.0 Å². The van der Waals surface area contributed by atoms with E-state index in [0.29, 0.717) is 35.3 Å². The number of nitrogens with zero attached hydrogens (tertiary/aromatic N) is 2. The van der Waals surface area contributed by atoms with E-state index in [0.717, 1.165) is 16.7 Å². The SMILES string of the molecule is Cc1cc(C)c(Oc2nc(-c3ccccc3OCC(C)C)ccc2C(=O)NS(=O)(=O)c2cccc(N)n2)c(C)c1. The van der Waals surface area contributed by atoms with Gasteiger partial charge in [0.1, 0.15) is 22.9 Å². The summed E-state index contributed by atoms with van der Waals surface area (Å²) in [7, 11) is -4.32. The minimum Gasteiger partial charge on any atom is -0.493 e. The van der Waals surface area contributed by atoms with Crippen molar-refractivity contribution in [2.24, 2.45) is 5.92 Å². The molecule has 0 aliphatic heterocycles. The quantitative estimate of drug-likeness (QED) is 0.270. The zero-order valence-corrected chi connectivity index (χ0v) is 23.9. The molecule has 0 aliphatic carbocycles. The Morgan fingerprint density at radius 1 is 0.950 bits per heavy atom. The van der Waals surface area contributed by atoms with Gasteiger partial charge in [-0.25, -0.2) is 14.7 Å². The van der Waals surface area contributed by atoms with Crippen LogP contribution < -0.4 is 19.9 Å². The maximum Gasteiger partial charge on any atom is 0.281 e. The van der Waals surface area contributed by atoms with Crippen LogP contribution in [0.5, 0.6) is 17.4 Å². The molecule has 0 atom stereocenters. The number of rotatable bonds is 9. The smallest absolute Gasteiger partial charge is 0.281 e. The zero-order chi connectivity index (χ0) is 29.0. The lowest BCUT2D eigenvalue weighted by molar-refractivity contribution is 0.0978. The minimum atomic E-state index is -4.32. The van der Waals surface area contributed by atoms with Crippen LogP contribution in [-0.2, 0) is 10.0 Å². The van der Waals surface area contributed by atoms with E-state index in [2.05, 4.69) is 28.5 Å². The number of amides is 1. The van der Waals surface area contributed by atoms with Gasteiger partial charge in [-0.3, -0.25) is 4.79 Å². The fraction of sp³-hybridized carbons (Fsp3) is 0.233. The highest BCUT2D eigenvalue weighted by atomic mass is 32.2. The average molecular weight is 561 g/mol. The molecule has 0 fully saturated rings. The molecule has 0 aliphatic rings. The summed E-state index contributed by atoms with van der Waals surface area (Å²) >= 11 is 0. The van der Waals surface area contributed by atoms with Crippen LogP contribution in [0.15, 0.2) is 71.8 Å². The number of anilines is 1. The summed E-state index contributed by atoms with van der Waals surface area (Å²) in [6.07, 6.45) is 0. The van der Waals surface area contributed by atoms with Crippen LogP contribution in [0.3, 0.4) is 0 Å². The number of aryl methyl sites for hydroxylation is 3. The second-order valence-corrected chi connectivity index (χ2v) is 11.5. The van der Waals surface area contributed by atoms with Gasteiger partial charge in [0.25, 0.3) is 15.9 Å². The molecular weight excluding hydrogens is 528 g/mol. The summed E-state index contributed by atoms with van der Waals surface area (Å²) in [4.78, 5) is 21.8. The van der Waals surface area contributed by atoms with Crippen molar-refractivity contribution in [1.82, 2.24) is 14.7 Å². The van der Waals surface area contributed by atoms with Gasteiger partial charge < -0.3 is 15.2 Å². The fourth-order valence-corrected chi connectivity index (χ4v) is 5.08. The summed E-state index contributed by atoms with van der Waals surface area (Å²) in [5, 5.41) is -0.380. The van der Waals surface area contributed by atoms with Gasteiger partial charge in [-0.15, -0.1) is 0 Å². The number of sulfonamides is 1. The number of hydrogen-bond acceptors (Lipinski definition) is 8. The largest absolute Gasteiger partial charge is 0.493 e. The normalized spacial score (nSPS) is 11.3. The lowest BCUT2D eigenvalue weighted by Crippen LogP contribution is -2.31. The third-order valence-electron chi connectivity index (χ3n) is 5.89. The van der Waals surface area contributed by atoms with Crippen LogP contribution in [0.1, 0.15) is 40.9 Å². The van der Waals surface area contributed by atoms with Crippen LogP contribution in [0.2, 0.25) is 0 Å². The summed E-state index contributed by atoms with van der Waals surface area (Å²) in [6.45, 7) is 10.4. The Morgan fingerprint density at radius 2 is 1.65 bits per heavy atom. The molecule has 4 rings (SSSR count). The van der Waals surface area contributed by atoms with Crippen molar-refractivity contribution >= 4 is 21.7 Å². The molecule has 2 heterocycles. The molecular formula is C30H32N4O5S. The van der Waals surface area contributed by atoms with Crippen LogP contribution in [-0.4, -0.2) is 30.9 Å². The Bertz CT molecular complexity index is 1650. The first-order valence-electron chi connectivity index (χ1n) is 12.7. The molecule has 0 unspecified atom stereocenters. The number of para-hydroxylation sites is 1. The van der Waals surface area contributed by atoms with Crippen LogP contribution in [0, 0.1) is 26.7 Å². The third kappa shape index (κ3) is 6.58. The lowest BCUT2D eigenvalue weighted by atomic mass is 10.1. The van der Waals surface area contributed by atoms with E-state index in [1.165, 1.54) is 24.3 Å². The van der Waals surface area contributed by atoms with E-state index in [-0.39, 0.29) is 22.3 Å². The average Bonchev–Trinajstić information content (AvgIpc) is 2.89. The summed E-state index contributed by atoms with van der Waals surface area (Å²) in [6, 6.07) is 18.6. The van der Waals surface area contributed by atoms with Crippen molar-refractivity contribution in [3.8, 4) is 28.6 Å². The van der Waals surface area contributed by atoms with Crippen LogP contribution in [0.25, 0.3) is 11.3 Å². The number of ether oxygens (including phenoxy) is 2. The highest BCUT2D eigenvalue weighted by Crippen LogP contribution is 2.35. The first kappa shape index (κ1) is 28.6. The Balaban J connectivity index is 1.79. The van der Waals surface area contributed by atoms with Gasteiger partial charge in [0, 0.05) is 5.56 Å². The number of nitrogens with one attached hydrogen (secondary N) is 1. The molecule has 0 bridgehead atoms. The summed E-state index contributed by atoms with van der Waals surface area (Å²) < 4.78 is 40.1. The first-order valence-corrected chi connectivity index (χ1v) is 14.2. The van der Waals surface area contributed by atoms with E-state index in [9.17, 15) is 13.2 Å². The topological polar surface area (TPSA) is 134 Å². The molecule has 10 heteroatoms. The monoisotopic (exact) mass is 560 g/mol. The number of carbonyl (C=O) groups excluding carboxylic acids is 1. The second-order valence-electron chi connectivity index (χ2n) is 9.92. The van der Waals surface area contributed by atoms with Crippen molar-refractivity contribution in [3.63, 3.8) is 0 Å². The first-order chi connectivity index (χ1) is 18.9. The molecule has 0 radical (unpaired) electrons. The maximum atomic E-state index is 13.4. The number of benzene rings is 2. The van der Waals surface area contributed by atoms with E-state index < -0.39 is 15.9 Å². The van der Waals surface area contributed by atoms with Crippen molar-refractivity contribution in [2.75, 3.05) is 12.3 Å². The Labute approximate surface area is 234 Å². The molecule has 2 aromatic carbocycles. The minimum absolute atomic E-state index is 0.00837. The molecule has 40 heavy (non-hydrogen) atoms. The van der Waals surface area contributed by atoms with Crippen molar-refractivity contribution < 1.29 is 22.7 Å². The van der Waals surface area contributed by atoms with Gasteiger partial charge in [0.05, 0.1) is 12.3 Å².